The van der Waals surface area contributed by atoms with Crippen LogP contribution in [0.15, 0.2) is 66.4 Å². The number of carbonyl (C=O) groups excluding carboxylic acids is 2. The van der Waals surface area contributed by atoms with E-state index in [9.17, 15) is 9.59 Å². The zero-order valence-corrected chi connectivity index (χ0v) is 16.1. The van der Waals surface area contributed by atoms with Gasteiger partial charge >= 0.3 is 5.97 Å². The van der Waals surface area contributed by atoms with Gasteiger partial charge in [0.1, 0.15) is 11.5 Å². The molecule has 0 bridgehead atoms. The lowest BCUT2D eigenvalue weighted by molar-refractivity contribution is 0.0734. The normalized spacial score (nSPS) is 15.1. The molecule has 0 saturated heterocycles. The highest BCUT2D eigenvalue weighted by molar-refractivity contribution is 6.30. The van der Waals surface area contributed by atoms with Crippen molar-refractivity contribution in [3.63, 3.8) is 0 Å². The van der Waals surface area contributed by atoms with E-state index in [4.69, 9.17) is 30.5 Å². The number of halogens is 1. The summed E-state index contributed by atoms with van der Waals surface area (Å²) in [4.78, 5) is 25.0. The third-order valence-corrected chi connectivity index (χ3v) is 4.84. The van der Waals surface area contributed by atoms with Crippen LogP contribution in [0.1, 0.15) is 26.3 Å². The van der Waals surface area contributed by atoms with E-state index < -0.39 is 5.97 Å². The molecule has 2 heterocycles. The van der Waals surface area contributed by atoms with Gasteiger partial charge in [-0.05, 0) is 54.1 Å². The molecule has 0 radical (unpaired) electrons. The van der Waals surface area contributed by atoms with Gasteiger partial charge in [0.2, 0.25) is 12.6 Å². The standard InChI is InChI=1S/C23H13ClO6/c24-15-3-1-2-14(10-15)23(26)29-16-5-6-17-19(11-16)30-21(22(17)25)9-13-4-7-18-20(8-13)28-12-27-18/h1-11H,12H2/b21-9-. The van der Waals surface area contributed by atoms with Crippen LogP contribution < -0.4 is 18.9 Å². The second-order valence-electron chi connectivity index (χ2n) is 6.61. The number of Topliss-reactive ketones (excluding diaryl/α,β-unsaturated/α-hetero) is 1. The van der Waals surface area contributed by atoms with Crippen LogP contribution in [0.25, 0.3) is 6.08 Å². The number of hydrogen-bond acceptors (Lipinski definition) is 6. The summed E-state index contributed by atoms with van der Waals surface area (Å²) < 4.78 is 21.7. The van der Waals surface area contributed by atoms with Crippen molar-refractivity contribution in [1.29, 1.82) is 0 Å². The zero-order chi connectivity index (χ0) is 20.7. The third kappa shape index (κ3) is 3.38. The van der Waals surface area contributed by atoms with Crippen LogP contribution in [0.4, 0.5) is 0 Å². The minimum absolute atomic E-state index is 0.169. The molecule has 2 aliphatic heterocycles. The van der Waals surface area contributed by atoms with Crippen LogP contribution in [0.3, 0.4) is 0 Å². The van der Waals surface area contributed by atoms with E-state index in [1.807, 2.05) is 0 Å². The Balaban J connectivity index is 1.37. The lowest BCUT2D eigenvalue weighted by Gasteiger charge is -2.06. The molecule has 0 unspecified atom stereocenters. The first kappa shape index (κ1) is 18.3. The fourth-order valence-corrected chi connectivity index (χ4v) is 3.36. The smallest absolute Gasteiger partial charge is 0.343 e. The van der Waals surface area contributed by atoms with Gasteiger partial charge in [0, 0.05) is 11.1 Å². The summed E-state index contributed by atoms with van der Waals surface area (Å²) >= 11 is 5.91. The Kier molecular flexibility index (Phi) is 4.41. The SMILES string of the molecule is O=C(Oc1ccc2c(c1)O/C(=C\c1ccc3c(c1)OCO3)C2=O)c1cccc(Cl)c1. The summed E-state index contributed by atoms with van der Waals surface area (Å²) in [5.74, 6) is 1.21. The van der Waals surface area contributed by atoms with Crippen LogP contribution in [-0.2, 0) is 0 Å². The first-order valence-corrected chi connectivity index (χ1v) is 9.40. The van der Waals surface area contributed by atoms with Crippen molar-refractivity contribution in [2.75, 3.05) is 6.79 Å². The highest BCUT2D eigenvalue weighted by Crippen LogP contribution is 2.37. The van der Waals surface area contributed by atoms with Crippen molar-refractivity contribution in [2.45, 2.75) is 0 Å². The van der Waals surface area contributed by atoms with E-state index in [1.165, 1.54) is 12.1 Å². The maximum atomic E-state index is 12.7. The van der Waals surface area contributed by atoms with Crippen molar-refractivity contribution in [3.05, 3.63) is 88.1 Å². The zero-order valence-electron chi connectivity index (χ0n) is 15.4. The van der Waals surface area contributed by atoms with Crippen LogP contribution in [0.2, 0.25) is 5.02 Å². The molecule has 0 aromatic heterocycles. The molecule has 6 nitrogen and oxygen atoms in total. The lowest BCUT2D eigenvalue weighted by atomic mass is 10.1. The Morgan fingerprint density at radius 2 is 1.83 bits per heavy atom. The van der Waals surface area contributed by atoms with Crippen molar-refractivity contribution in [1.82, 2.24) is 0 Å². The molecule has 5 rings (SSSR count). The van der Waals surface area contributed by atoms with E-state index in [-0.39, 0.29) is 24.1 Å². The van der Waals surface area contributed by atoms with E-state index in [0.717, 1.165) is 5.56 Å². The maximum absolute atomic E-state index is 12.7. The third-order valence-electron chi connectivity index (χ3n) is 4.61. The molecule has 0 spiro atoms. The van der Waals surface area contributed by atoms with Gasteiger partial charge in [-0.2, -0.15) is 0 Å². The number of ketones is 1. The summed E-state index contributed by atoms with van der Waals surface area (Å²) in [6.07, 6.45) is 1.63. The number of carbonyl (C=O) groups is 2. The van der Waals surface area contributed by atoms with Gasteiger partial charge in [-0.1, -0.05) is 23.7 Å². The number of fused-ring (bicyclic) bond motifs is 2. The Morgan fingerprint density at radius 1 is 0.967 bits per heavy atom. The second-order valence-corrected chi connectivity index (χ2v) is 7.05. The summed E-state index contributed by atoms with van der Waals surface area (Å²) in [5.41, 5.74) is 1.45. The molecule has 0 saturated carbocycles. The largest absolute Gasteiger partial charge is 0.454 e. The highest BCUT2D eigenvalue weighted by Gasteiger charge is 2.28. The highest BCUT2D eigenvalue weighted by atomic mass is 35.5. The van der Waals surface area contributed by atoms with Gasteiger partial charge in [-0.25, -0.2) is 4.79 Å². The Labute approximate surface area is 176 Å². The van der Waals surface area contributed by atoms with Crippen LogP contribution in [-0.4, -0.2) is 18.5 Å². The number of ether oxygens (including phenoxy) is 4. The fourth-order valence-electron chi connectivity index (χ4n) is 3.17. The number of rotatable bonds is 3. The number of benzene rings is 3. The van der Waals surface area contributed by atoms with Crippen molar-refractivity contribution < 1.29 is 28.5 Å². The van der Waals surface area contributed by atoms with Gasteiger partial charge in [0.25, 0.3) is 0 Å². The van der Waals surface area contributed by atoms with Gasteiger partial charge in [-0.15, -0.1) is 0 Å². The van der Waals surface area contributed by atoms with Gasteiger partial charge in [-0.3, -0.25) is 4.79 Å². The first-order valence-electron chi connectivity index (χ1n) is 9.02. The quantitative estimate of drug-likeness (QED) is 0.341. The average molecular weight is 421 g/mol. The van der Waals surface area contributed by atoms with E-state index in [0.29, 0.717) is 33.4 Å². The summed E-state index contributed by atoms with van der Waals surface area (Å²) in [5, 5.41) is 0.436. The average Bonchev–Trinajstić information content (AvgIpc) is 3.32. The van der Waals surface area contributed by atoms with Gasteiger partial charge < -0.3 is 18.9 Å². The minimum atomic E-state index is -0.558. The number of allylic oxidation sites excluding steroid dienone is 1. The molecule has 0 aliphatic carbocycles. The molecule has 7 heteroatoms. The Morgan fingerprint density at radius 3 is 2.70 bits per heavy atom. The van der Waals surface area contributed by atoms with E-state index >= 15 is 0 Å². The molecule has 3 aromatic rings. The van der Waals surface area contributed by atoms with Gasteiger partial charge in [0.15, 0.2) is 17.3 Å². The number of hydrogen-bond donors (Lipinski definition) is 0. The predicted molar refractivity (Wildman–Crippen MR) is 108 cm³/mol. The van der Waals surface area contributed by atoms with E-state index in [2.05, 4.69) is 0 Å². The lowest BCUT2D eigenvalue weighted by Crippen LogP contribution is -2.08. The maximum Gasteiger partial charge on any atom is 0.343 e. The second kappa shape index (κ2) is 7.24. The van der Waals surface area contributed by atoms with Crippen molar-refractivity contribution in [2.24, 2.45) is 0 Å². The summed E-state index contributed by atoms with van der Waals surface area (Å²) in [6.45, 7) is 0.174. The monoisotopic (exact) mass is 420 g/mol. The number of esters is 1. The van der Waals surface area contributed by atoms with Crippen LogP contribution in [0, 0.1) is 0 Å². The molecular formula is C23H13ClO6. The van der Waals surface area contributed by atoms with Gasteiger partial charge in [0.05, 0.1) is 11.1 Å². The fraction of sp³-hybridized carbons (Fsp3) is 0.0435. The topological polar surface area (TPSA) is 71.1 Å². The molecule has 0 fully saturated rings. The first-order chi connectivity index (χ1) is 14.6. The van der Waals surface area contributed by atoms with Crippen LogP contribution in [0.5, 0.6) is 23.0 Å². The van der Waals surface area contributed by atoms with Crippen molar-refractivity contribution in [3.8, 4) is 23.0 Å². The molecule has 30 heavy (non-hydrogen) atoms. The molecule has 0 N–H and O–H groups in total. The van der Waals surface area contributed by atoms with Crippen LogP contribution >= 0.6 is 11.6 Å². The van der Waals surface area contributed by atoms with E-state index in [1.54, 1.807) is 54.6 Å². The molecule has 0 amide bonds. The van der Waals surface area contributed by atoms with Crippen molar-refractivity contribution >= 4 is 29.4 Å². The minimum Gasteiger partial charge on any atom is -0.454 e. The predicted octanol–water partition coefficient (Wildman–Crippen LogP) is 4.90. The Hall–Kier alpha value is -3.77. The molecule has 2 aliphatic rings. The molecular weight excluding hydrogens is 408 g/mol. The summed E-state index contributed by atoms with van der Waals surface area (Å²) in [6, 6.07) is 16.4. The summed E-state index contributed by atoms with van der Waals surface area (Å²) in [7, 11) is 0. The molecule has 148 valence electrons. The Bertz CT molecular complexity index is 1230. The molecule has 3 aromatic carbocycles. The molecule has 0 atom stereocenters.